The summed E-state index contributed by atoms with van der Waals surface area (Å²) in [7, 11) is 1.77. The third-order valence-corrected chi connectivity index (χ3v) is 3.85. The third kappa shape index (κ3) is 3.91. The van der Waals surface area contributed by atoms with Gasteiger partial charge in [0.05, 0.1) is 4.92 Å². The van der Waals surface area contributed by atoms with Crippen LogP contribution in [0.4, 0.5) is 11.4 Å². The van der Waals surface area contributed by atoms with Gasteiger partial charge in [-0.05, 0) is 28.5 Å². The average Bonchev–Trinajstić information content (AvgIpc) is 2.88. The van der Waals surface area contributed by atoms with Crippen LogP contribution >= 0.6 is 11.8 Å². The van der Waals surface area contributed by atoms with E-state index in [0.717, 1.165) is 12.0 Å². The number of tetrazole rings is 1. The fourth-order valence-corrected chi connectivity index (χ4v) is 2.52. The first-order valence-corrected chi connectivity index (χ1v) is 7.46. The maximum Gasteiger partial charge on any atom is 0.292 e. The van der Waals surface area contributed by atoms with Gasteiger partial charge in [0.2, 0.25) is 5.16 Å². The summed E-state index contributed by atoms with van der Waals surface area (Å²) in [6, 6.07) is 5.10. The first-order valence-electron chi connectivity index (χ1n) is 6.48. The molecule has 21 heavy (non-hydrogen) atoms. The molecule has 0 amide bonds. The van der Waals surface area contributed by atoms with Crippen LogP contribution in [0, 0.1) is 10.1 Å². The standard InChI is InChI=1S/C12H16N6O2S/c1-3-6-13-10-7-9(4-5-11(10)18(19)20)8-21-12-14-15-16-17(12)2/h4-5,7,13H,3,6,8H2,1-2H3. The summed E-state index contributed by atoms with van der Waals surface area (Å²) in [4.78, 5) is 10.6. The Kier molecular flexibility index (Phi) is 5.09. The highest BCUT2D eigenvalue weighted by atomic mass is 32.2. The maximum absolute atomic E-state index is 11.0. The Morgan fingerprint density at radius 1 is 1.48 bits per heavy atom. The van der Waals surface area contributed by atoms with Crippen molar-refractivity contribution >= 4 is 23.1 Å². The minimum absolute atomic E-state index is 0.0949. The molecule has 112 valence electrons. The van der Waals surface area contributed by atoms with Gasteiger partial charge < -0.3 is 5.32 Å². The number of rotatable bonds is 7. The first kappa shape index (κ1) is 15.2. The lowest BCUT2D eigenvalue weighted by Gasteiger charge is -2.08. The predicted molar refractivity (Wildman–Crippen MR) is 80.2 cm³/mol. The number of hydrogen-bond acceptors (Lipinski definition) is 7. The molecule has 1 N–H and O–H groups in total. The summed E-state index contributed by atoms with van der Waals surface area (Å²) in [5.74, 6) is 0.646. The van der Waals surface area contributed by atoms with E-state index < -0.39 is 0 Å². The fraction of sp³-hybridized carbons (Fsp3) is 0.417. The van der Waals surface area contributed by atoms with Crippen molar-refractivity contribution in [2.45, 2.75) is 24.3 Å². The van der Waals surface area contributed by atoms with Crippen LogP contribution in [0.25, 0.3) is 0 Å². The topological polar surface area (TPSA) is 98.8 Å². The molecule has 0 aliphatic heterocycles. The van der Waals surface area contributed by atoms with Crippen molar-refractivity contribution in [2.75, 3.05) is 11.9 Å². The van der Waals surface area contributed by atoms with E-state index in [1.807, 2.05) is 13.0 Å². The van der Waals surface area contributed by atoms with Gasteiger partial charge in [-0.25, -0.2) is 4.68 Å². The van der Waals surface area contributed by atoms with Crippen LogP contribution in [0.15, 0.2) is 23.4 Å². The van der Waals surface area contributed by atoms with Gasteiger partial charge in [-0.2, -0.15) is 0 Å². The highest BCUT2D eigenvalue weighted by Gasteiger charge is 2.14. The number of nitro groups is 1. The summed E-state index contributed by atoms with van der Waals surface area (Å²) in [6.07, 6.45) is 0.904. The van der Waals surface area contributed by atoms with Crippen molar-refractivity contribution in [1.29, 1.82) is 0 Å². The van der Waals surface area contributed by atoms with Gasteiger partial charge >= 0.3 is 0 Å². The van der Waals surface area contributed by atoms with Crippen LogP contribution in [-0.2, 0) is 12.8 Å². The van der Waals surface area contributed by atoms with E-state index >= 15 is 0 Å². The zero-order chi connectivity index (χ0) is 15.2. The molecule has 1 aromatic carbocycles. The number of thioether (sulfide) groups is 1. The van der Waals surface area contributed by atoms with E-state index in [4.69, 9.17) is 0 Å². The monoisotopic (exact) mass is 308 g/mol. The molecule has 0 fully saturated rings. The lowest BCUT2D eigenvalue weighted by atomic mass is 10.2. The smallest absolute Gasteiger partial charge is 0.292 e. The van der Waals surface area contributed by atoms with Crippen LogP contribution in [-0.4, -0.2) is 31.7 Å². The summed E-state index contributed by atoms with van der Waals surface area (Å²) in [6.45, 7) is 2.71. The van der Waals surface area contributed by atoms with Crippen LogP contribution in [0.1, 0.15) is 18.9 Å². The first-order chi connectivity index (χ1) is 10.1. The molecule has 0 unspecified atom stereocenters. The Hall–Kier alpha value is -2.16. The van der Waals surface area contributed by atoms with Crippen molar-refractivity contribution in [3.63, 3.8) is 0 Å². The molecular formula is C12H16N6O2S. The maximum atomic E-state index is 11.0. The van der Waals surface area contributed by atoms with Gasteiger partial charge in [-0.1, -0.05) is 24.8 Å². The highest BCUT2D eigenvalue weighted by molar-refractivity contribution is 7.98. The van der Waals surface area contributed by atoms with Crippen LogP contribution < -0.4 is 5.32 Å². The molecule has 0 saturated heterocycles. The minimum Gasteiger partial charge on any atom is -0.379 e. The number of nitro benzene ring substituents is 1. The molecule has 9 heteroatoms. The number of aromatic nitrogens is 4. The minimum atomic E-state index is -0.374. The molecule has 1 aromatic heterocycles. The van der Waals surface area contributed by atoms with Gasteiger partial charge in [0, 0.05) is 25.4 Å². The van der Waals surface area contributed by atoms with Crippen molar-refractivity contribution < 1.29 is 4.92 Å². The normalized spacial score (nSPS) is 10.6. The van der Waals surface area contributed by atoms with Crippen LogP contribution in [0.5, 0.6) is 0 Å². The van der Waals surface area contributed by atoms with Gasteiger partial charge in [0.25, 0.3) is 5.69 Å². The Morgan fingerprint density at radius 2 is 2.29 bits per heavy atom. The van der Waals surface area contributed by atoms with Crippen molar-refractivity contribution in [2.24, 2.45) is 7.05 Å². The number of benzene rings is 1. The molecule has 0 atom stereocenters. The summed E-state index contributed by atoms with van der Waals surface area (Å²) in [5.41, 5.74) is 1.63. The summed E-state index contributed by atoms with van der Waals surface area (Å²) >= 11 is 1.48. The number of aryl methyl sites for hydroxylation is 1. The molecule has 0 aliphatic carbocycles. The number of hydrogen-bond donors (Lipinski definition) is 1. The third-order valence-electron chi connectivity index (χ3n) is 2.77. The molecule has 0 aliphatic rings. The largest absolute Gasteiger partial charge is 0.379 e. The quantitative estimate of drug-likeness (QED) is 0.475. The molecule has 0 spiro atoms. The molecule has 0 radical (unpaired) electrons. The van der Waals surface area contributed by atoms with E-state index in [9.17, 15) is 10.1 Å². The van der Waals surface area contributed by atoms with Gasteiger partial charge in [0.15, 0.2) is 0 Å². The fourth-order valence-electron chi connectivity index (χ4n) is 1.72. The van der Waals surface area contributed by atoms with E-state index in [-0.39, 0.29) is 10.6 Å². The number of nitrogens with one attached hydrogen (secondary N) is 1. The van der Waals surface area contributed by atoms with Gasteiger partial charge in [-0.15, -0.1) is 5.10 Å². The Balaban J connectivity index is 2.13. The number of anilines is 1. The molecule has 0 saturated carbocycles. The van der Waals surface area contributed by atoms with Crippen molar-refractivity contribution in [3.8, 4) is 0 Å². The second-order valence-corrected chi connectivity index (χ2v) is 5.35. The Labute approximate surface area is 126 Å². The molecule has 1 heterocycles. The Bertz CT molecular complexity index is 630. The van der Waals surface area contributed by atoms with Crippen LogP contribution in [0.2, 0.25) is 0 Å². The van der Waals surface area contributed by atoms with E-state index in [1.165, 1.54) is 17.8 Å². The SMILES string of the molecule is CCCNc1cc(CSc2nnnn2C)ccc1[N+](=O)[O-]. The second-order valence-electron chi connectivity index (χ2n) is 4.41. The number of nitrogens with zero attached hydrogens (tertiary/aromatic N) is 5. The zero-order valence-electron chi connectivity index (χ0n) is 11.8. The second kappa shape index (κ2) is 7.02. The average molecular weight is 308 g/mol. The lowest BCUT2D eigenvalue weighted by molar-refractivity contribution is -0.384. The van der Waals surface area contributed by atoms with Crippen molar-refractivity contribution in [1.82, 2.24) is 20.2 Å². The molecule has 0 bridgehead atoms. The Morgan fingerprint density at radius 3 is 2.90 bits per heavy atom. The van der Waals surface area contributed by atoms with Crippen molar-refractivity contribution in [3.05, 3.63) is 33.9 Å². The summed E-state index contributed by atoms with van der Waals surface area (Å²) in [5, 5.41) is 26.0. The molecule has 2 aromatic rings. The van der Waals surface area contributed by atoms with E-state index in [0.29, 0.717) is 23.1 Å². The lowest BCUT2D eigenvalue weighted by Crippen LogP contribution is -2.03. The molecule has 2 rings (SSSR count). The van der Waals surface area contributed by atoms with Gasteiger partial charge in [-0.3, -0.25) is 10.1 Å². The molecule has 8 nitrogen and oxygen atoms in total. The van der Waals surface area contributed by atoms with E-state index in [2.05, 4.69) is 20.8 Å². The zero-order valence-corrected chi connectivity index (χ0v) is 12.6. The summed E-state index contributed by atoms with van der Waals surface area (Å²) < 4.78 is 1.59. The highest BCUT2D eigenvalue weighted by Crippen LogP contribution is 2.28. The van der Waals surface area contributed by atoms with Crippen LogP contribution in [0.3, 0.4) is 0 Å². The van der Waals surface area contributed by atoms with Gasteiger partial charge in [0.1, 0.15) is 5.69 Å². The molecular weight excluding hydrogens is 292 g/mol. The van der Waals surface area contributed by atoms with E-state index in [1.54, 1.807) is 17.8 Å². The predicted octanol–water partition coefficient (Wildman–Crippen LogP) is 2.23.